The highest BCUT2D eigenvalue weighted by Gasteiger charge is 2.39. The van der Waals surface area contributed by atoms with Gasteiger partial charge in [-0.15, -0.1) is 0 Å². The van der Waals surface area contributed by atoms with Crippen LogP contribution in [0.1, 0.15) is 24.8 Å². The molecule has 1 saturated carbocycles. The van der Waals surface area contributed by atoms with E-state index in [1.54, 1.807) is 6.07 Å². The largest absolute Gasteiger partial charge is 0.330 e. The lowest BCUT2D eigenvalue weighted by atomic mass is 9.64. The Labute approximate surface area is 95.8 Å². The summed E-state index contributed by atoms with van der Waals surface area (Å²) in [6.45, 7) is 0.483. The lowest BCUT2D eigenvalue weighted by Crippen LogP contribution is -2.42. The molecule has 0 unspecified atom stereocenters. The highest BCUT2D eigenvalue weighted by Crippen LogP contribution is 2.46. The van der Waals surface area contributed by atoms with E-state index < -0.39 is 11.6 Å². The Morgan fingerprint density at radius 1 is 1.33 bits per heavy atom. The Kier molecular flexibility index (Phi) is 2.81. The molecule has 0 amide bonds. The fourth-order valence-electron chi connectivity index (χ4n) is 2.12. The number of halogens is 3. The second kappa shape index (κ2) is 3.83. The maximum atomic E-state index is 13.4. The third-order valence-electron chi connectivity index (χ3n) is 3.31. The predicted molar refractivity (Wildman–Crippen MR) is 58.6 cm³/mol. The van der Waals surface area contributed by atoms with Gasteiger partial charge in [-0.25, -0.2) is 8.78 Å². The van der Waals surface area contributed by atoms with Gasteiger partial charge < -0.3 is 5.73 Å². The molecule has 0 bridgehead atoms. The van der Waals surface area contributed by atoms with Crippen molar-refractivity contribution in [3.05, 3.63) is 33.8 Å². The lowest BCUT2D eigenvalue weighted by Gasteiger charge is -2.42. The third-order valence-corrected chi connectivity index (χ3v) is 4.08. The van der Waals surface area contributed by atoms with E-state index in [9.17, 15) is 8.78 Å². The molecule has 15 heavy (non-hydrogen) atoms. The van der Waals surface area contributed by atoms with Crippen LogP contribution in [0.3, 0.4) is 0 Å². The molecular formula is C11H12BrF2N. The maximum Gasteiger partial charge on any atom is 0.173 e. The number of benzene rings is 1. The van der Waals surface area contributed by atoms with Crippen LogP contribution in [0.4, 0.5) is 8.78 Å². The number of nitrogens with two attached hydrogens (primary N) is 1. The van der Waals surface area contributed by atoms with Crippen molar-refractivity contribution >= 4 is 15.9 Å². The van der Waals surface area contributed by atoms with Crippen LogP contribution in [-0.4, -0.2) is 6.54 Å². The van der Waals surface area contributed by atoms with Crippen molar-refractivity contribution in [1.82, 2.24) is 0 Å². The monoisotopic (exact) mass is 275 g/mol. The van der Waals surface area contributed by atoms with Gasteiger partial charge in [-0.3, -0.25) is 0 Å². The Morgan fingerprint density at radius 2 is 2.00 bits per heavy atom. The predicted octanol–water partition coefficient (Wildman–Crippen LogP) is 3.11. The minimum Gasteiger partial charge on any atom is -0.330 e. The van der Waals surface area contributed by atoms with E-state index in [-0.39, 0.29) is 9.89 Å². The van der Waals surface area contributed by atoms with Gasteiger partial charge in [0.05, 0.1) is 4.47 Å². The van der Waals surface area contributed by atoms with E-state index in [4.69, 9.17) is 5.73 Å². The molecule has 1 aromatic rings. The lowest BCUT2D eigenvalue weighted by molar-refractivity contribution is 0.250. The van der Waals surface area contributed by atoms with E-state index in [0.29, 0.717) is 6.54 Å². The van der Waals surface area contributed by atoms with Gasteiger partial charge in [0, 0.05) is 12.0 Å². The van der Waals surface area contributed by atoms with Gasteiger partial charge >= 0.3 is 0 Å². The zero-order valence-corrected chi connectivity index (χ0v) is 9.78. The van der Waals surface area contributed by atoms with Crippen molar-refractivity contribution in [2.24, 2.45) is 5.73 Å². The first-order valence-electron chi connectivity index (χ1n) is 4.95. The molecule has 4 heteroatoms. The Balaban J connectivity index is 2.49. The van der Waals surface area contributed by atoms with Crippen LogP contribution < -0.4 is 5.73 Å². The van der Waals surface area contributed by atoms with Gasteiger partial charge in [0.2, 0.25) is 0 Å². The molecule has 2 N–H and O–H groups in total. The zero-order chi connectivity index (χ0) is 11.1. The quantitative estimate of drug-likeness (QED) is 0.825. The van der Waals surface area contributed by atoms with Crippen molar-refractivity contribution < 1.29 is 8.78 Å². The third kappa shape index (κ3) is 1.60. The van der Waals surface area contributed by atoms with Gasteiger partial charge in [0.1, 0.15) is 0 Å². The van der Waals surface area contributed by atoms with Crippen LogP contribution in [0.5, 0.6) is 0 Å². The smallest absolute Gasteiger partial charge is 0.173 e. The molecule has 1 fully saturated rings. The molecule has 1 aliphatic carbocycles. The number of hydrogen-bond acceptors (Lipinski definition) is 1. The summed E-state index contributed by atoms with van der Waals surface area (Å²) in [4.78, 5) is 0. The molecular weight excluding hydrogens is 264 g/mol. The molecule has 0 heterocycles. The first-order valence-corrected chi connectivity index (χ1v) is 5.74. The molecule has 1 nitrogen and oxygen atoms in total. The summed E-state index contributed by atoms with van der Waals surface area (Å²) >= 11 is 3.11. The average molecular weight is 276 g/mol. The summed E-state index contributed by atoms with van der Waals surface area (Å²) in [7, 11) is 0. The SMILES string of the molecule is NCC1(c2ccc(F)c(F)c2Br)CCC1. The van der Waals surface area contributed by atoms with Crippen molar-refractivity contribution in [3.63, 3.8) is 0 Å². The van der Waals surface area contributed by atoms with E-state index in [1.165, 1.54) is 6.07 Å². The molecule has 0 spiro atoms. The summed E-state index contributed by atoms with van der Waals surface area (Å²) < 4.78 is 26.5. The molecule has 0 aromatic heterocycles. The highest BCUT2D eigenvalue weighted by molar-refractivity contribution is 9.10. The second-order valence-corrected chi connectivity index (χ2v) is 4.85. The Morgan fingerprint density at radius 3 is 2.47 bits per heavy atom. The van der Waals surface area contributed by atoms with Crippen LogP contribution >= 0.6 is 15.9 Å². The fourth-order valence-corrected chi connectivity index (χ4v) is 2.86. The molecule has 82 valence electrons. The molecule has 0 saturated heterocycles. The average Bonchev–Trinajstić information content (AvgIpc) is 2.17. The fraction of sp³-hybridized carbons (Fsp3) is 0.455. The first kappa shape index (κ1) is 11.0. The number of rotatable bonds is 2. The van der Waals surface area contributed by atoms with Gasteiger partial charge in [-0.05, 0) is 40.4 Å². The van der Waals surface area contributed by atoms with Crippen LogP contribution in [0.25, 0.3) is 0 Å². The van der Waals surface area contributed by atoms with Crippen LogP contribution in [0.15, 0.2) is 16.6 Å². The van der Waals surface area contributed by atoms with Crippen LogP contribution in [-0.2, 0) is 5.41 Å². The van der Waals surface area contributed by atoms with E-state index in [2.05, 4.69) is 15.9 Å². The molecule has 1 aromatic carbocycles. The van der Waals surface area contributed by atoms with Crippen LogP contribution in [0, 0.1) is 11.6 Å². The van der Waals surface area contributed by atoms with E-state index >= 15 is 0 Å². The Hall–Kier alpha value is -0.480. The highest BCUT2D eigenvalue weighted by atomic mass is 79.9. The molecule has 2 rings (SSSR count). The second-order valence-electron chi connectivity index (χ2n) is 4.06. The van der Waals surface area contributed by atoms with Crippen LogP contribution in [0.2, 0.25) is 0 Å². The van der Waals surface area contributed by atoms with Gasteiger partial charge in [-0.1, -0.05) is 12.5 Å². The Bertz CT molecular complexity index is 383. The standard InChI is InChI=1S/C11H12BrF2N/c12-9-7(2-3-8(13)10(9)14)11(6-15)4-1-5-11/h2-3H,1,4-6,15H2. The summed E-state index contributed by atoms with van der Waals surface area (Å²) in [5, 5.41) is 0. The topological polar surface area (TPSA) is 26.0 Å². The zero-order valence-electron chi connectivity index (χ0n) is 8.19. The summed E-state index contributed by atoms with van der Waals surface area (Å²) in [6.07, 6.45) is 3.00. The van der Waals surface area contributed by atoms with Crippen molar-refractivity contribution in [2.75, 3.05) is 6.54 Å². The van der Waals surface area contributed by atoms with Crippen molar-refractivity contribution in [2.45, 2.75) is 24.7 Å². The normalized spacial score (nSPS) is 18.7. The summed E-state index contributed by atoms with van der Waals surface area (Å²) in [5.41, 5.74) is 6.38. The van der Waals surface area contributed by atoms with Crippen molar-refractivity contribution in [1.29, 1.82) is 0 Å². The molecule has 0 radical (unpaired) electrons. The maximum absolute atomic E-state index is 13.4. The van der Waals surface area contributed by atoms with Gasteiger partial charge in [0.25, 0.3) is 0 Å². The van der Waals surface area contributed by atoms with Gasteiger partial charge in [0.15, 0.2) is 11.6 Å². The molecule has 0 aliphatic heterocycles. The molecule has 1 aliphatic rings. The first-order chi connectivity index (χ1) is 7.10. The summed E-state index contributed by atoms with van der Waals surface area (Å²) in [5.74, 6) is -1.63. The number of hydrogen-bond donors (Lipinski definition) is 1. The van der Waals surface area contributed by atoms with E-state index in [1.807, 2.05) is 0 Å². The minimum atomic E-state index is -0.822. The molecule has 0 atom stereocenters. The minimum absolute atomic E-state index is 0.145. The van der Waals surface area contributed by atoms with Crippen molar-refractivity contribution in [3.8, 4) is 0 Å². The summed E-state index contributed by atoms with van der Waals surface area (Å²) in [6, 6.07) is 2.81. The van der Waals surface area contributed by atoms with E-state index in [0.717, 1.165) is 24.8 Å². The van der Waals surface area contributed by atoms with Gasteiger partial charge in [-0.2, -0.15) is 0 Å².